The van der Waals surface area contributed by atoms with E-state index < -0.39 is 27.8 Å². The summed E-state index contributed by atoms with van der Waals surface area (Å²) in [6.45, 7) is 6.18. The molecule has 0 aromatic carbocycles. The second kappa shape index (κ2) is 8.63. The normalized spacial score (nSPS) is 21.1. The van der Waals surface area contributed by atoms with Gasteiger partial charge in [0.15, 0.2) is 0 Å². The molecule has 1 fully saturated rings. The average Bonchev–Trinajstić information content (AvgIpc) is 2.50. The van der Waals surface area contributed by atoms with E-state index in [2.05, 4.69) is 5.32 Å². The zero-order valence-corrected chi connectivity index (χ0v) is 14.9. The van der Waals surface area contributed by atoms with Gasteiger partial charge in [0.05, 0.1) is 17.6 Å². The number of carbonyl (C=O) groups excluding carboxylic acids is 1. The molecule has 0 bridgehead atoms. The molecule has 1 aliphatic rings. The number of hydrogen-bond donors (Lipinski definition) is 2. The number of carbonyl (C=O) groups is 2. The summed E-state index contributed by atoms with van der Waals surface area (Å²) in [6, 6.07) is 0. The molecule has 2 N–H and O–H groups in total. The molecule has 7 nitrogen and oxygen atoms in total. The number of carboxylic acids is 1. The van der Waals surface area contributed by atoms with Crippen LogP contribution in [0.5, 0.6) is 0 Å². The average molecular weight is 348 g/mol. The van der Waals surface area contributed by atoms with Gasteiger partial charge in [0, 0.05) is 19.6 Å². The predicted octanol–water partition coefficient (Wildman–Crippen LogP) is 0.911. The highest BCUT2D eigenvalue weighted by atomic mass is 32.2. The highest BCUT2D eigenvalue weighted by Gasteiger charge is 2.31. The molecule has 1 heterocycles. The van der Waals surface area contributed by atoms with Crippen molar-refractivity contribution in [3.63, 3.8) is 0 Å². The van der Waals surface area contributed by atoms with E-state index in [1.807, 2.05) is 13.8 Å². The minimum atomic E-state index is -3.29. The standard InChI is InChI=1S/C15H28N2O5S/c1-4-23(21,22)17-7-5-6-12(10-17)14(18)16-9-13(15(19)20)8-11(2)3/h11-13H,4-10H2,1-3H3,(H,16,18)(H,19,20). The third kappa shape index (κ3) is 6.10. The second-order valence-electron chi connectivity index (χ2n) is 6.51. The largest absolute Gasteiger partial charge is 0.481 e. The van der Waals surface area contributed by atoms with Gasteiger partial charge in [0.1, 0.15) is 0 Å². The molecule has 134 valence electrons. The summed E-state index contributed by atoms with van der Waals surface area (Å²) in [7, 11) is -3.29. The molecule has 0 radical (unpaired) electrons. The van der Waals surface area contributed by atoms with Gasteiger partial charge in [-0.05, 0) is 32.1 Å². The lowest BCUT2D eigenvalue weighted by molar-refractivity contribution is -0.142. The fourth-order valence-electron chi connectivity index (χ4n) is 2.80. The Balaban J connectivity index is 2.58. The van der Waals surface area contributed by atoms with Crippen LogP contribution >= 0.6 is 0 Å². The van der Waals surface area contributed by atoms with Crippen molar-refractivity contribution in [2.45, 2.75) is 40.0 Å². The van der Waals surface area contributed by atoms with Crippen LogP contribution in [0.15, 0.2) is 0 Å². The number of sulfonamides is 1. The lowest BCUT2D eigenvalue weighted by atomic mass is 9.95. The first kappa shape index (κ1) is 19.9. The fourth-order valence-corrected chi connectivity index (χ4v) is 3.98. The van der Waals surface area contributed by atoms with Crippen LogP contribution < -0.4 is 5.32 Å². The first-order valence-electron chi connectivity index (χ1n) is 8.15. The van der Waals surface area contributed by atoms with Crippen molar-refractivity contribution in [1.29, 1.82) is 0 Å². The second-order valence-corrected chi connectivity index (χ2v) is 8.77. The van der Waals surface area contributed by atoms with Crippen LogP contribution in [0.3, 0.4) is 0 Å². The van der Waals surface area contributed by atoms with Crippen LogP contribution in [-0.2, 0) is 19.6 Å². The topological polar surface area (TPSA) is 104 Å². The Kier molecular flexibility index (Phi) is 7.47. The number of nitrogens with zero attached hydrogens (tertiary/aromatic N) is 1. The van der Waals surface area contributed by atoms with Crippen molar-refractivity contribution in [2.24, 2.45) is 17.8 Å². The molecule has 1 rings (SSSR count). The van der Waals surface area contributed by atoms with Gasteiger partial charge in [-0.3, -0.25) is 9.59 Å². The first-order chi connectivity index (χ1) is 10.7. The van der Waals surface area contributed by atoms with Gasteiger partial charge in [-0.1, -0.05) is 13.8 Å². The van der Waals surface area contributed by atoms with E-state index in [-0.39, 0.29) is 30.7 Å². The maximum Gasteiger partial charge on any atom is 0.308 e. The van der Waals surface area contributed by atoms with Crippen molar-refractivity contribution in [3.05, 3.63) is 0 Å². The van der Waals surface area contributed by atoms with E-state index >= 15 is 0 Å². The smallest absolute Gasteiger partial charge is 0.308 e. The van der Waals surface area contributed by atoms with Crippen molar-refractivity contribution in [1.82, 2.24) is 9.62 Å². The number of rotatable bonds is 8. The van der Waals surface area contributed by atoms with Gasteiger partial charge >= 0.3 is 5.97 Å². The molecule has 0 aromatic heterocycles. The maximum absolute atomic E-state index is 12.2. The number of amides is 1. The SMILES string of the molecule is CCS(=O)(=O)N1CCCC(C(=O)NCC(CC(C)C)C(=O)O)C1. The molecular formula is C15H28N2O5S. The molecule has 1 aliphatic heterocycles. The van der Waals surface area contributed by atoms with E-state index in [0.29, 0.717) is 25.8 Å². The Bertz CT molecular complexity index is 518. The molecule has 8 heteroatoms. The van der Waals surface area contributed by atoms with E-state index in [4.69, 9.17) is 0 Å². The predicted molar refractivity (Wildman–Crippen MR) is 87.3 cm³/mol. The molecule has 2 unspecified atom stereocenters. The van der Waals surface area contributed by atoms with Gasteiger partial charge in [-0.15, -0.1) is 0 Å². The summed E-state index contributed by atoms with van der Waals surface area (Å²) in [5.74, 6) is -1.94. The van der Waals surface area contributed by atoms with Gasteiger partial charge in [-0.25, -0.2) is 12.7 Å². The monoisotopic (exact) mass is 348 g/mol. The number of piperidine rings is 1. The maximum atomic E-state index is 12.2. The highest BCUT2D eigenvalue weighted by molar-refractivity contribution is 7.89. The highest BCUT2D eigenvalue weighted by Crippen LogP contribution is 2.20. The molecular weight excluding hydrogens is 320 g/mol. The molecule has 0 saturated carbocycles. The van der Waals surface area contributed by atoms with Crippen LogP contribution in [-0.4, -0.2) is 55.1 Å². The molecule has 2 atom stereocenters. The van der Waals surface area contributed by atoms with Gasteiger partial charge < -0.3 is 10.4 Å². The van der Waals surface area contributed by atoms with E-state index in [9.17, 15) is 23.1 Å². The van der Waals surface area contributed by atoms with Crippen LogP contribution in [0.25, 0.3) is 0 Å². The summed E-state index contributed by atoms with van der Waals surface area (Å²) < 4.78 is 25.2. The lowest BCUT2D eigenvalue weighted by Crippen LogP contribution is -2.47. The Morgan fingerprint density at radius 3 is 2.52 bits per heavy atom. The van der Waals surface area contributed by atoms with Crippen molar-refractivity contribution < 1.29 is 23.1 Å². The van der Waals surface area contributed by atoms with Crippen molar-refractivity contribution in [2.75, 3.05) is 25.4 Å². The molecule has 23 heavy (non-hydrogen) atoms. The van der Waals surface area contributed by atoms with E-state index in [1.165, 1.54) is 4.31 Å². The van der Waals surface area contributed by atoms with Crippen molar-refractivity contribution in [3.8, 4) is 0 Å². The van der Waals surface area contributed by atoms with E-state index in [0.717, 1.165) is 0 Å². The molecule has 1 amide bonds. The Labute approximate surface area is 138 Å². The number of carboxylic acid groups (broad SMARTS) is 1. The first-order valence-corrected chi connectivity index (χ1v) is 9.76. The van der Waals surface area contributed by atoms with E-state index in [1.54, 1.807) is 6.92 Å². The summed E-state index contributed by atoms with van der Waals surface area (Å²) in [4.78, 5) is 23.5. The Morgan fingerprint density at radius 2 is 2.00 bits per heavy atom. The third-order valence-corrected chi connectivity index (χ3v) is 5.99. The van der Waals surface area contributed by atoms with Gasteiger partial charge in [0.2, 0.25) is 15.9 Å². The van der Waals surface area contributed by atoms with Crippen LogP contribution in [0.4, 0.5) is 0 Å². The quantitative estimate of drug-likeness (QED) is 0.678. The van der Waals surface area contributed by atoms with Crippen LogP contribution in [0, 0.1) is 17.8 Å². The number of hydrogen-bond acceptors (Lipinski definition) is 4. The summed E-state index contributed by atoms with van der Waals surface area (Å²) in [5.41, 5.74) is 0. The molecule has 0 aromatic rings. The third-order valence-electron chi connectivity index (χ3n) is 4.14. The minimum absolute atomic E-state index is 0.0246. The Morgan fingerprint density at radius 1 is 1.35 bits per heavy atom. The fraction of sp³-hybridized carbons (Fsp3) is 0.867. The minimum Gasteiger partial charge on any atom is -0.481 e. The van der Waals surface area contributed by atoms with Crippen molar-refractivity contribution >= 4 is 21.9 Å². The summed E-state index contributed by atoms with van der Waals surface area (Å²) in [5, 5.41) is 11.9. The zero-order valence-electron chi connectivity index (χ0n) is 14.1. The molecule has 0 aliphatic carbocycles. The number of nitrogens with one attached hydrogen (secondary N) is 1. The lowest BCUT2D eigenvalue weighted by Gasteiger charge is -2.31. The van der Waals surface area contributed by atoms with Crippen LogP contribution in [0.2, 0.25) is 0 Å². The molecule has 1 saturated heterocycles. The summed E-state index contributed by atoms with van der Waals surface area (Å²) in [6.07, 6.45) is 1.77. The molecule has 0 spiro atoms. The van der Waals surface area contributed by atoms with Gasteiger partial charge in [-0.2, -0.15) is 0 Å². The number of aliphatic carboxylic acids is 1. The zero-order chi connectivity index (χ0) is 17.6. The van der Waals surface area contributed by atoms with Gasteiger partial charge in [0.25, 0.3) is 0 Å². The van der Waals surface area contributed by atoms with Crippen LogP contribution in [0.1, 0.15) is 40.0 Å². The summed E-state index contributed by atoms with van der Waals surface area (Å²) >= 11 is 0. The Hall–Kier alpha value is -1.15.